The van der Waals surface area contributed by atoms with Gasteiger partial charge in [-0.05, 0) is 36.1 Å². The second kappa shape index (κ2) is 6.30. The number of carboxylic acids is 1. The molecular weight excluding hydrogens is 294 g/mol. The van der Waals surface area contributed by atoms with Crippen molar-refractivity contribution in [2.24, 2.45) is 16.7 Å². The number of aliphatic carboxylic acids is 1. The van der Waals surface area contributed by atoms with Crippen molar-refractivity contribution in [1.82, 2.24) is 15.5 Å². The normalized spacial score (nSPS) is 28.1. The lowest BCUT2D eigenvalue weighted by Gasteiger charge is -2.42. The second-order valence-corrected chi connectivity index (χ2v) is 8.13. The van der Waals surface area contributed by atoms with Crippen LogP contribution in [0.4, 0.5) is 4.79 Å². The molecule has 132 valence electrons. The van der Waals surface area contributed by atoms with Crippen molar-refractivity contribution in [3.05, 3.63) is 0 Å². The van der Waals surface area contributed by atoms with Crippen molar-refractivity contribution in [1.29, 1.82) is 0 Å². The van der Waals surface area contributed by atoms with Crippen LogP contribution in [-0.2, 0) is 4.79 Å². The summed E-state index contributed by atoms with van der Waals surface area (Å²) in [4.78, 5) is 24.8. The van der Waals surface area contributed by atoms with E-state index < -0.39 is 5.97 Å². The fourth-order valence-corrected chi connectivity index (χ4v) is 3.95. The second-order valence-electron chi connectivity index (χ2n) is 8.13. The third kappa shape index (κ3) is 3.62. The molecule has 0 spiro atoms. The van der Waals surface area contributed by atoms with E-state index in [9.17, 15) is 9.59 Å². The van der Waals surface area contributed by atoms with Crippen molar-refractivity contribution in [3.8, 4) is 0 Å². The summed E-state index contributed by atoms with van der Waals surface area (Å²) in [6.45, 7) is 12.5. The Morgan fingerprint density at radius 2 is 1.74 bits per heavy atom. The Balaban J connectivity index is 1.66. The van der Waals surface area contributed by atoms with Gasteiger partial charge in [-0.1, -0.05) is 34.6 Å². The van der Waals surface area contributed by atoms with Gasteiger partial charge in [-0.25, -0.2) is 4.79 Å². The molecule has 0 unspecified atom stereocenters. The number of carbonyl (C=O) groups is 2. The zero-order chi connectivity index (χ0) is 17.4. The first kappa shape index (κ1) is 18.0. The molecule has 23 heavy (non-hydrogen) atoms. The highest BCUT2D eigenvalue weighted by Gasteiger charge is 2.64. The first-order valence-electron chi connectivity index (χ1n) is 8.59. The van der Waals surface area contributed by atoms with Crippen LogP contribution in [0.1, 0.15) is 47.5 Å². The molecule has 6 heteroatoms. The van der Waals surface area contributed by atoms with Gasteiger partial charge in [0.1, 0.15) is 0 Å². The van der Waals surface area contributed by atoms with Crippen LogP contribution >= 0.6 is 0 Å². The molecule has 0 atom stereocenters. The maximum Gasteiger partial charge on any atom is 0.317 e. The summed E-state index contributed by atoms with van der Waals surface area (Å²) in [5, 5.41) is 14.9. The molecule has 2 amide bonds. The standard InChI is InChI=1S/C17H31N3O3/c1-6-20(10-14(21)22)12-7-11(8-12)19-15(23)18-9-13-16(2,3)17(13,4)5/h11-13H,6-10H2,1-5H3,(H,21,22)(H2,18,19,23). The van der Waals surface area contributed by atoms with E-state index in [4.69, 9.17) is 5.11 Å². The number of likely N-dealkylation sites (N-methyl/N-ethyl adjacent to an activating group) is 1. The first-order valence-corrected chi connectivity index (χ1v) is 8.59. The smallest absolute Gasteiger partial charge is 0.317 e. The molecule has 0 bridgehead atoms. The van der Waals surface area contributed by atoms with E-state index in [1.165, 1.54) is 0 Å². The SMILES string of the molecule is CCN(CC(=O)O)C1CC(NC(=O)NCC2C(C)(C)C2(C)C)C1. The average Bonchev–Trinajstić information content (AvgIpc) is 2.78. The third-order valence-electron chi connectivity index (χ3n) is 6.50. The molecule has 0 aromatic heterocycles. The number of carbonyl (C=O) groups excluding carboxylic acids is 1. The Kier molecular flexibility index (Phi) is 4.95. The fraction of sp³-hybridized carbons (Fsp3) is 0.882. The highest BCUT2D eigenvalue weighted by Crippen LogP contribution is 2.67. The van der Waals surface area contributed by atoms with Crippen molar-refractivity contribution >= 4 is 12.0 Å². The highest BCUT2D eigenvalue weighted by atomic mass is 16.4. The minimum absolute atomic E-state index is 0.0753. The minimum atomic E-state index is -0.796. The molecule has 0 heterocycles. The van der Waals surface area contributed by atoms with Crippen LogP contribution in [-0.4, -0.2) is 53.7 Å². The lowest BCUT2D eigenvalue weighted by molar-refractivity contribution is -0.139. The van der Waals surface area contributed by atoms with Crippen LogP contribution in [0.25, 0.3) is 0 Å². The van der Waals surface area contributed by atoms with Crippen molar-refractivity contribution in [2.75, 3.05) is 19.6 Å². The molecule has 0 aromatic carbocycles. The quantitative estimate of drug-likeness (QED) is 0.668. The number of rotatable bonds is 7. The summed E-state index contributed by atoms with van der Waals surface area (Å²) in [5.74, 6) is -0.281. The molecular formula is C17H31N3O3. The summed E-state index contributed by atoms with van der Waals surface area (Å²) in [6.07, 6.45) is 1.66. The maximum absolute atomic E-state index is 12.0. The van der Waals surface area contributed by atoms with Crippen molar-refractivity contribution < 1.29 is 14.7 Å². The van der Waals surface area contributed by atoms with Gasteiger partial charge in [0.15, 0.2) is 0 Å². The number of amides is 2. The lowest BCUT2D eigenvalue weighted by Crippen LogP contribution is -2.56. The molecule has 2 rings (SSSR count). The molecule has 2 aliphatic rings. The molecule has 2 fully saturated rings. The Morgan fingerprint density at radius 3 is 2.17 bits per heavy atom. The number of nitrogens with zero attached hydrogens (tertiary/aromatic N) is 1. The van der Waals surface area contributed by atoms with Gasteiger partial charge < -0.3 is 15.7 Å². The van der Waals surface area contributed by atoms with E-state index in [1.807, 2.05) is 11.8 Å². The van der Waals surface area contributed by atoms with E-state index in [0.717, 1.165) is 19.4 Å². The minimum Gasteiger partial charge on any atom is -0.480 e. The Bertz CT molecular complexity index is 456. The maximum atomic E-state index is 12.0. The lowest BCUT2D eigenvalue weighted by atomic mass is 9.85. The van der Waals surface area contributed by atoms with E-state index in [-0.39, 0.29) is 35.5 Å². The molecule has 0 radical (unpaired) electrons. The van der Waals surface area contributed by atoms with Gasteiger partial charge in [-0.15, -0.1) is 0 Å². The zero-order valence-electron chi connectivity index (χ0n) is 15.0. The van der Waals surface area contributed by atoms with Crippen molar-refractivity contribution in [3.63, 3.8) is 0 Å². The number of hydrogen-bond acceptors (Lipinski definition) is 3. The summed E-state index contributed by atoms with van der Waals surface area (Å²) in [6, 6.07) is 0.319. The van der Waals surface area contributed by atoms with E-state index in [0.29, 0.717) is 12.5 Å². The summed E-state index contributed by atoms with van der Waals surface area (Å²) in [7, 11) is 0. The summed E-state index contributed by atoms with van der Waals surface area (Å²) < 4.78 is 0. The molecule has 0 aliphatic heterocycles. The van der Waals surface area contributed by atoms with E-state index in [1.54, 1.807) is 0 Å². The Morgan fingerprint density at radius 1 is 1.17 bits per heavy atom. The molecule has 3 N–H and O–H groups in total. The van der Waals surface area contributed by atoms with Crippen molar-refractivity contribution in [2.45, 2.75) is 59.5 Å². The van der Waals surface area contributed by atoms with Gasteiger partial charge in [-0.3, -0.25) is 9.69 Å². The number of nitrogens with one attached hydrogen (secondary N) is 2. The molecule has 6 nitrogen and oxygen atoms in total. The molecule has 2 saturated carbocycles. The van der Waals surface area contributed by atoms with E-state index in [2.05, 4.69) is 38.3 Å². The summed E-state index contributed by atoms with van der Waals surface area (Å²) >= 11 is 0. The largest absolute Gasteiger partial charge is 0.480 e. The topological polar surface area (TPSA) is 81.7 Å². The average molecular weight is 325 g/mol. The van der Waals surface area contributed by atoms with Gasteiger partial charge >= 0.3 is 12.0 Å². The van der Waals surface area contributed by atoms with Crippen LogP contribution in [0.3, 0.4) is 0 Å². The highest BCUT2D eigenvalue weighted by molar-refractivity contribution is 5.74. The van der Waals surface area contributed by atoms with Crippen LogP contribution in [0.5, 0.6) is 0 Å². The molecule has 2 aliphatic carbocycles. The zero-order valence-corrected chi connectivity index (χ0v) is 15.0. The van der Waals surface area contributed by atoms with Gasteiger partial charge in [0.05, 0.1) is 6.54 Å². The van der Waals surface area contributed by atoms with Gasteiger partial charge in [0.25, 0.3) is 0 Å². The monoisotopic (exact) mass is 325 g/mol. The van der Waals surface area contributed by atoms with Crippen LogP contribution in [0.2, 0.25) is 0 Å². The fourth-order valence-electron chi connectivity index (χ4n) is 3.95. The predicted molar refractivity (Wildman–Crippen MR) is 89.3 cm³/mol. The Hall–Kier alpha value is -1.30. The molecule has 0 saturated heterocycles. The van der Waals surface area contributed by atoms with Crippen LogP contribution in [0.15, 0.2) is 0 Å². The molecule has 0 aromatic rings. The van der Waals surface area contributed by atoms with Crippen LogP contribution < -0.4 is 10.6 Å². The predicted octanol–water partition coefficient (Wildman–Crippen LogP) is 1.91. The third-order valence-corrected chi connectivity index (χ3v) is 6.50. The number of carboxylic acid groups (broad SMARTS) is 1. The number of urea groups is 1. The van der Waals surface area contributed by atoms with Gasteiger partial charge in [-0.2, -0.15) is 0 Å². The van der Waals surface area contributed by atoms with Gasteiger partial charge in [0, 0.05) is 18.6 Å². The first-order chi connectivity index (χ1) is 10.6. The summed E-state index contributed by atoms with van der Waals surface area (Å²) in [5.41, 5.74) is 0.556. The number of hydrogen-bond donors (Lipinski definition) is 3. The van der Waals surface area contributed by atoms with E-state index >= 15 is 0 Å². The van der Waals surface area contributed by atoms with Crippen LogP contribution in [0, 0.1) is 16.7 Å². The Labute approximate surface area is 139 Å². The van der Waals surface area contributed by atoms with Gasteiger partial charge in [0.2, 0.25) is 0 Å².